The minimum atomic E-state index is -3.70. The highest BCUT2D eigenvalue weighted by Crippen LogP contribution is 2.18. The number of aryl methyl sites for hydroxylation is 2. The normalized spacial score (nSPS) is 11.9. The highest BCUT2D eigenvalue weighted by atomic mass is 32.2. The molecule has 0 bridgehead atoms. The number of hydrogen-bond acceptors (Lipinski definition) is 4. The molecule has 0 saturated heterocycles. The Balaban J connectivity index is 1.88. The van der Waals surface area contributed by atoms with Crippen molar-refractivity contribution in [3.8, 4) is 5.75 Å². The summed E-state index contributed by atoms with van der Waals surface area (Å²) in [6, 6.07) is 11.8. The smallest absolute Gasteiger partial charge is 0.296 e. The van der Waals surface area contributed by atoms with Crippen LogP contribution in [-0.4, -0.2) is 20.1 Å². The summed E-state index contributed by atoms with van der Waals surface area (Å²) < 4.78 is 29.0. The third kappa shape index (κ3) is 4.94. The fraction of sp³-hybridized carbons (Fsp3) is 0.222. The van der Waals surface area contributed by atoms with E-state index in [1.807, 2.05) is 32.1 Å². The maximum absolute atomic E-state index is 12.0. The summed E-state index contributed by atoms with van der Waals surface area (Å²) in [5.41, 5.74) is 2.74. The van der Waals surface area contributed by atoms with Crippen molar-refractivity contribution in [2.45, 2.75) is 25.2 Å². The van der Waals surface area contributed by atoms with Gasteiger partial charge in [0.2, 0.25) is 0 Å². The van der Waals surface area contributed by atoms with Crippen LogP contribution in [-0.2, 0) is 14.3 Å². The molecule has 0 amide bonds. The van der Waals surface area contributed by atoms with E-state index in [9.17, 15) is 13.5 Å². The molecular formula is C18H20O4S. The Morgan fingerprint density at radius 3 is 2.43 bits per heavy atom. The number of rotatable bonds is 6. The van der Waals surface area contributed by atoms with Crippen molar-refractivity contribution in [3.63, 3.8) is 0 Å². The molecule has 4 nitrogen and oxygen atoms in total. The van der Waals surface area contributed by atoms with Crippen LogP contribution in [0.15, 0.2) is 53.4 Å². The van der Waals surface area contributed by atoms with Crippen molar-refractivity contribution < 1.29 is 17.7 Å². The van der Waals surface area contributed by atoms with Crippen LogP contribution in [0.2, 0.25) is 0 Å². The lowest BCUT2D eigenvalue weighted by Gasteiger charge is -2.04. The first-order chi connectivity index (χ1) is 10.9. The molecule has 2 aromatic rings. The van der Waals surface area contributed by atoms with Crippen LogP contribution in [0.25, 0.3) is 6.08 Å². The average molecular weight is 332 g/mol. The first-order valence-electron chi connectivity index (χ1n) is 7.31. The zero-order valence-electron chi connectivity index (χ0n) is 13.2. The van der Waals surface area contributed by atoms with Gasteiger partial charge in [0.05, 0.1) is 11.5 Å². The third-order valence-corrected chi connectivity index (χ3v) is 4.69. The second-order valence-electron chi connectivity index (χ2n) is 5.33. The Hall–Kier alpha value is -2.11. The van der Waals surface area contributed by atoms with Crippen molar-refractivity contribution in [2.24, 2.45) is 0 Å². The van der Waals surface area contributed by atoms with Gasteiger partial charge in [-0.05, 0) is 55.7 Å². The zero-order chi connectivity index (χ0) is 16.9. The van der Waals surface area contributed by atoms with Crippen molar-refractivity contribution in [3.05, 3.63) is 65.2 Å². The van der Waals surface area contributed by atoms with Crippen LogP contribution in [0, 0.1) is 13.8 Å². The Labute approximate surface area is 137 Å². The van der Waals surface area contributed by atoms with Crippen LogP contribution in [0.3, 0.4) is 0 Å². The van der Waals surface area contributed by atoms with Gasteiger partial charge in [-0.1, -0.05) is 35.9 Å². The lowest BCUT2D eigenvalue weighted by Crippen LogP contribution is -2.07. The highest BCUT2D eigenvalue weighted by molar-refractivity contribution is 7.86. The van der Waals surface area contributed by atoms with E-state index in [0.29, 0.717) is 6.42 Å². The monoisotopic (exact) mass is 332 g/mol. The van der Waals surface area contributed by atoms with Gasteiger partial charge in [-0.3, -0.25) is 4.18 Å². The summed E-state index contributed by atoms with van der Waals surface area (Å²) in [5, 5.41) is 9.46. The molecular weight excluding hydrogens is 312 g/mol. The SMILES string of the molecule is Cc1ccc(S(=O)(=O)OCC/C=C/c2ccc(O)c(C)c2)cc1. The molecule has 1 N–H and O–H groups in total. The second kappa shape index (κ2) is 7.44. The molecule has 5 heteroatoms. The summed E-state index contributed by atoms with van der Waals surface area (Å²) in [7, 11) is -3.70. The van der Waals surface area contributed by atoms with E-state index in [1.165, 1.54) is 0 Å². The van der Waals surface area contributed by atoms with Gasteiger partial charge in [0.1, 0.15) is 5.75 Å². The van der Waals surface area contributed by atoms with Crippen LogP contribution in [0.4, 0.5) is 0 Å². The lowest BCUT2D eigenvalue weighted by molar-refractivity contribution is 0.325. The molecule has 2 aromatic carbocycles. The van der Waals surface area contributed by atoms with Crippen molar-refractivity contribution in [1.29, 1.82) is 0 Å². The highest BCUT2D eigenvalue weighted by Gasteiger charge is 2.13. The molecule has 122 valence electrons. The zero-order valence-corrected chi connectivity index (χ0v) is 14.0. The van der Waals surface area contributed by atoms with Crippen LogP contribution in [0.5, 0.6) is 5.75 Å². The van der Waals surface area contributed by atoms with Gasteiger partial charge in [-0.2, -0.15) is 8.42 Å². The largest absolute Gasteiger partial charge is 0.508 e. The van der Waals surface area contributed by atoms with E-state index in [0.717, 1.165) is 16.7 Å². The third-order valence-electron chi connectivity index (χ3n) is 3.36. The molecule has 0 fully saturated rings. The molecule has 0 spiro atoms. The standard InChI is InChI=1S/C18H20O4S/c1-14-6-9-17(10-7-14)23(20,21)22-12-4-3-5-16-8-11-18(19)15(2)13-16/h3,5-11,13,19H,4,12H2,1-2H3/b5-3+. The maximum Gasteiger partial charge on any atom is 0.296 e. The van der Waals surface area contributed by atoms with Gasteiger partial charge in [-0.25, -0.2) is 0 Å². The number of benzene rings is 2. The Kier molecular flexibility index (Phi) is 5.58. The minimum absolute atomic E-state index is 0.0871. The van der Waals surface area contributed by atoms with E-state index >= 15 is 0 Å². The number of hydrogen-bond donors (Lipinski definition) is 1. The summed E-state index contributed by atoms with van der Waals surface area (Å²) in [4.78, 5) is 0.168. The molecule has 0 aliphatic rings. The Bertz CT molecular complexity index is 790. The average Bonchev–Trinajstić information content (AvgIpc) is 2.51. The van der Waals surface area contributed by atoms with Gasteiger partial charge in [0.25, 0.3) is 10.1 Å². The van der Waals surface area contributed by atoms with Gasteiger partial charge in [0.15, 0.2) is 0 Å². The van der Waals surface area contributed by atoms with Crippen LogP contribution in [0.1, 0.15) is 23.1 Å². The van der Waals surface area contributed by atoms with Crippen molar-refractivity contribution in [2.75, 3.05) is 6.61 Å². The molecule has 0 atom stereocenters. The van der Waals surface area contributed by atoms with E-state index in [2.05, 4.69) is 0 Å². The topological polar surface area (TPSA) is 63.6 Å². The number of phenolic OH excluding ortho intramolecular Hbond substituents is 1. The maximum atomic E-state index is 12.0. The molecule has 0 aromatic heterocycles. The first kappa shape index (κ1) is 17.2. The quantitative estimate of drug-likeness (QED) is 0.645. The Morgan fingerprint density at radius 2 is 1.78 bits per heavy atom. The number of phenols is 1. The van der Waals surface area contributed by atoms with Gasteiger partial charge in [0, 0.05) is 0 Å². The molecule has 0 unspecified atom stereocenters. The summed E-state index contributed by atoms with van der Waals surface area (Å²) in [5.74, 6) is 0.259. The lowest BCUT2D eigenvalue weighted by atomic mass is 10.1. The van der Waals surface area contributed by atoms with Crippen molar-refractivity contribution >= 4 is 16.2 Å². The van der Waals surface area contributed by atoms with E-state index in [4.69, 9.17) is 4.18 Å². The van der Waals surface area contributed by atoms with E-state index in [1.54, 1.807) is 36.4 Å². The summed E-state index contributed by atoms with van der Waals surface area (Å²) in [6.45, 7) is 3.81. The van der Waals surface area contributed by atoms with Gasteiger partial charge in [-0.15, -0.1) is 0 Å². The molecule has 0 radical (unpaired) electrons. The van der Waals surface area contributed by atoms with Gasteiger partial charge < -0.3 is 5.11 Å². The first-order valence-corrected chi connectivity index (χ1v) is 8.71. The van der Waals surface area contributed by atoms with Crippen LogP contribution < -0.4 is 0 Å². The molecule has 0 saturated carbocycles. The fourth-order valence-corrected chi connectivity index (χ4v) is 2.92. The summed E-state index contributed by atoms with van der Waals surface area (Å²) >= 11 is 0. The molecule has 0 heterocycles. The van der Waals surface area contributed by atoms with Crippen molar-refractivity contribution in [1.82, 2.24) is 0 Å². The molecule has 0 aliphatic carbocycles. The van der Waals surface area contributed by atoms with E-state index < -0.39 is 10.1 Å². The number of aromatic hydroxyl groups is 1. The molecule has 0 aliphatic heterocycles. The predicted molar refractivity (Wildman–Crippen MR) is 90.8 cm³/mol. The van der Waals surface area contributed by atoms with Gasteiger partial charge >= 0.3 is 0 Å². The second-order valence-corrected chi connectivity index (χ2v) is 6.94. The fourth-order valence-electron chi connectivity index (χ4n) is 2.00. The molecule has 2 rings (SSSR count). The predicted octanol–water partition coefficient (Wildman–Crippen LogP) is 3.82. The molecule has 23 heavy (non-hydrogen) atoms. The Morgan fingerprint density at radius 1 is 1.09 bits per heavy atom. The van der Waals surface area contributed by atoms with Crippen LogP contribution >= 0.6 is 0 Å². The minimum Gasteiger partial charge on any atom is -0.508 e. The summed E-state index contributed by atoms with van der Waals surface area (Å²) in [6.07, 6.45) is 4.19. The van der Waals surface area contributed by atoms with E-state index in [-0.39, 0.29) is 17.3 Å².